The zero-order valence-electron chi connectivity index (χ0n) is 19.3. The van der Waals surface area contributed by atoms with Crippen molar-refractivity contribution in [2.24, 2.45) is 5.92 Å². The van der Waals surface area contributed by atoms with Crippen LogP contribution < -0.4 is 10.2 Å². The second-order valence-electron chi connectivity index (χ2n) is 9.01. The van der Waals surface area contributed by atoms with Crippen LogP contribution in [0.2, 0.25) is 0 Å². The normalized spacial score (nSPS) is 19.1. The standard InChI is InChI=1S/C25H22F4N4O2S/c1-31-23(35)17-6-5-16(11-19(17)26)33-21(36)10-15(22(34)24(33)7-2-8-24)4-3-14-9-18(25(27,28)29)20(12-30)32-13-14/h5-6,9,11,13,15H,2-4,7-8,10H2,1H3,(H,31,35). The van der Waals surface area contributed by atoms with Gasteiger partial charge in [0.2, 0.25) is 0 Å². The van der Waals surface area contributed by atoms with Crippen LogP contribution in [0.25, 0.3) is 0 Å². The Morgan fingerprint density at radius 1 is 1.33 bits per heavy atom. The van der Waals surface area contributed by atoms with Gasteiger partial charge < -0.3 is 10.2 Å². The highest BCUT2D eigenvalue weighted by Gasteiger charge is 2.55. The Hall–Kier alpha value is -3.39. The Bertz CT molecular complexity index is 1280. The number of nitrogens with one attached hydrogen (secondary N) is 1. The van der Waals surface area contributed by atoms with Crippen molar-refractivity contribution in [3.8, 4) is 6.07 Å². The van der Waals surface area contributed by atoms with Gasteiger partial charge in [-0.2, -0.15) is 18.4 Å². The van der Waals surface area contributed by atoms with Crippen molar-refractivity contribution in [2.45, 2.75) is 50.2 Å². The number of hydrogen-bond donors (Lipinski definition) is 1. The van der Waals surface area contributed by atoms with Crippen molar-refractivity contribution in [1.82, 2.24) is 10.3 Å². The number of nitrogens with zero attached hydrogens (tertiary/aromatic N) is 3. The van der Waals surface area contributed by atoms with E-state index >= 15 is 0 Å². The maximum absolute atomic E-state index is 14.7. The summed E-state index contributed by atoms with van der Waals surface area (Å²) >= 11 is 5.65. The number of hydrogen-bond acceptors (Lipinski definition) is 5. The molecule has 1 spiro atoms. The number of rotatable bonds is 5. The molecule has 2 aromatic rings. The van der Waals surface area contributed by atoms with E-state index < -0.39 is 40.6 Å². The lowest BCUT2D eigenvalue weighted by molar-refractivity contribution is -0.138. The summed E-state index contributed by atoms with van der Waals surface area (Å²) in [6.07, 6.45) is -1.03. The predicted octanol–water partition coefficient (Wildman–Crippen LogP) is 4.75. The van der Waals surface area contributed by atoms with Crippen LogP contribution in [0.3, 0.4) is 0 Å². The summed E-state index contributed by atoms with van der Waals surface area (Å²) in [6.45, 7) is 0. The van der Waals surface area contributed by atoms with Crippen molar-refractivity contribution in [3.63, 3.8) is 0 Å². The van der Waals surface area contributed by atoms with E-state index in [1.165, 1.54) is 31.4 Å². The third-order valence-electron chi connectivity index (χ3n) is 6.93. The van der Waals surface area contributed by atoms with Gasteiger partial charge in [0.05, 0.1) is 16.1 Å². The highest BCUT2D eigenvalue weighted by atomic mass is 32.1. The van der Waals surface area contributed by atoms with E-state index in [0.29, 0.717) is 23.5 Å². The van der Waals surface area contributed by atoms with Crippen LogP contribution in [0.5, 0.6) is 0 Å². The lowest BCUT2D eigenvalue weighted by Crippen LogP contribution is -2.66. The summed E-state index contributed by atoms with van der Waals surface area (Å²) < 4.78 is 54.5. The van der Waals surface area contributed by atoms with Gasteiger partial charge in [-0.1, -0.05) is 12.2 Å². The molecule has 2 fully saturated rings. The monoisotopic (exact) mass is 518 g/mol. The second-order valence-corrected chi connectivity index (χ2v) is 9.48. The number of benzene rings is 1. The summed E-state index contributed by atoms with van der Waals surface area (Å²) in [7, 11) is 1.40. The maximum Gasteiger partial charge on any atom is 0.419 e. The third-order valence-corrected chi connectivity index (χ3v) is 7.28. The first-order chi connectivity index (χ1) is 17.0. The SMILES string of the molecule is CNC(=O)c1ccc(N2C(=S)CC(CCc3cnc(C#N)c(C(F)(F)F)c3)C(=O)C23CCC3)cc1F. The average Bonchev–Trinajstić information content (AvgIpc) is 2.81. The molecule has 0 radical (unpaired) electrons. The second kappa shape index (κ2) is 9.58. The van der Waals surface area contributed by atoms with Gasteiger partial charge in [0.15, 0.2) is 11.5 Å². The minimum absolute atomic E-state index is 0.0733. The van der Waals surface area contributed by atoms with Crippen molar-refractivity contribution < 1.29 is 27.2 Å². The van der Waals surface area contributed by atoms with E-state index in [1.54, 1.807) is 11.0 Å². The molecule has 1 aliphatic heterocycles. The van der Waals surface area contributed by atoms with Gasteiger partial charge >= 0.3 is 6.18 Å². The summed E-state index contributed by atoms with van der Waals surface area (Å²) in [6, 6.07) is 6.47. The fourth-order valence-corrected chi connectivity index (χ4v) is 5.46. The zero-order valence-corrected chi connectivity index (χ0v) is 20.1. The van der Waals surface area contributed by atoms with Crippen LogP contribution in [-0.4, -0.2) is 34.2 Å². The Balaban J connectivity index is 1.56. The molecule has 1 saturated carbocycles. The molecule has 6 nitrogen and oxygen atoms in total. The molecule has 0 bridgehead atoms. The summed E-state index contributed by atoms with van der Waals surface area (Å²) in [4.78, 5) is 31.2. The number of Topliss-reactive ketones (excluding diaryl/α,β-unsaturated/α-hetero) is 1. The van der Waals surface area contributed by atoms with Gasteiger partial charge in [0, 0.05) is 31.3 Å². The first-order valence-corrected chi connectivity index (χ1v) is 11.8. The Kier molecular flexibility index (Phi) is 6.84. The molecular formula is C25H22F4N4O2S. The van der Waals surface area contributed by atoms with Crippen molar-refractivity contribution in [1.29, 1.82) is 5.26 Å². The molecule has 1 aliphatic carbocycles. The number of nitriles is 1. The average molecular weight is 519 g/mol. The lowest BCUT2D eigenvalue weighted by atomic mass is 9.65. The van der Waals surface area contributed by atoms with Crippen LogP contribution in [0.4, 0.5) is 23.2 Å². The lowest BCUT2D eigenvalue weighted by Gasteiger charge is -2.54. The van der Waals surface area contributed by atoms with Crippen LogP contribution in [0.1, 0.15) is 59.3 Å². The van der Waals surface area contributed by atoms with Gasteiger partial charge in [-0.3, -0.25) is 9.59 Å². The minimum atomic E-state index is -4.71. The Morgan fingerprint density at radius 3 is 2.61 bits per heavy atom. The third kappa shape index (κ3) is 4.46. The van der Waals surface area contributed by atoms with Crippen LogP contribution in [-0.2, 0) is 17.4 Å². The highest BCUT2D eigenvalue weighted by molar-refractivity contribution is 7.80. The fourth-order valence-electron chi connectivity index (χ4n) is 4.98. The maximum atomic E-state index is 14.7. The number of aryl methyl sites for hydroxylation is 1. The van der Waals surface area contributed by atoms with Crippen LogP contribution in [0.15, 0.2) is 30.5 Å². The number of aromatic nitrogens is 1. The zero-order chi connectivity index (χ0) is 26.3. The quantitative estimate of drug-likeness (QED) is 0.454. The molecule has 1 N–H and O–H groups in total. The molecule has 4 rings (SSSR count). The van der Waals surface area contributed by atoms with Gasteiger partial charge in [-0.25, -0.2) is 9.37 Å². The largest absolute Gasteiger partial charge is 0.419 e. The van der Waals surface area contributed by atoms with E-state index in [-0.39, 0.29) is 36.2 Å². The number of thiocarbonyl (C=S) groups is 1. The molecule has 11 heteroatoms. The molecule has 1 saturated heterocycles. The first-order valence-electron chi connectivity index (χ1n) is 11.4. The van der Waals surface area contributed by atoms with Crippen molar-refractivity contribution >= 4 is 34.6 Å². The number of halogens is 4. The number of piperidine rings is 1. The Labute approximate surface area is 210 Å². The number of anilines is 1. The molecule has 1 aromatic carbocycles. The van der Waals surface area contributed by atoms with Crippen LogP contribution in [0, 0.1) is 23.1 Å². The molecule has 1 unspecified atom stereocenters. The number of amides is 1. The number of carbonyl (C=O) groups excluding carboxylic acids is 2. The molecule has 36 heavy (non-hydrogen) atoms. The molecule has 188 valence electrons. The Morgan fingerprint density at radius 2 is 2.06 bits per heavy atom. The number of carbonyl (C=O) groups is 2. The van der Waals surface area contributed by atoms with Gasteiger partial charge in [0.25, 0.3) is 5.91 Å². The summed E-state index contributed by atoms with van der Waals surface area (Å²) in [5.74, 6) is -1.88. The van der Waals surface area contributed by atoms with E-state index in [0.717, 1.165) is 12.5 Å². The van der Waals surface area contributed by atoms with E-state index in [1.807, 2.05) is 0 Å². The van der Waals surface area contributed by atoms with E-state index in [2.05, 4.69) is 10.3 Å². The predicted molar refractivity (Wildman–Crippen MR) is 127 cm³/mol. The van der Waals surface area contributed by atoms with Crippen molar-refractivity contribution in [2.75, 3.05) is 11.9 Å². The highest BCUT2D eigenvalue weighted by Crippen LogP contribution is 2.48. The van der Waals surface area contributed by atoms with Gasteiger partial charge in [-0.05, 0) is 61.9 Å². The molecule has 2 heterocycles. The summed E-state index contributed by atoms with van der Waals surface area (Å²) in [5, 5.41) is 11.3. The number of ketones is 1. The molecule has 2 aliphatic rings. The minimum Gasteiger partial charge on any atom is -0.355 e. The van der Waals surface area contributed by atoms with E-state index in [4.69, 9.17) is 17.5 Å². The van der Waals surface area contributed by atoms with Crippen LogP contribution >= 0.6 is 12.2 Å². The van der Waals surface area contributed by atoms with E-state index in [9.17, 15) is 27.2 Å². The first kappa shape index (κ1) is 25.7. The fraction of sp³-hybridized carbons (Fsp3) is 0.400. The van der Waals surface area contributed by atoms with Gasteiger partial charge in [-0.15, -0.1) is 0 Å². The number of alkyl halides is 3. The number of pyridine rings is 1. The molecule has 1 atom stereocenters. The molecule has 1 aromatic heterocycles. The molecular weight excluding hydrogens is 496 g/mol. The van der Waals surface area contributed by atoms with Crippen molar-refractivity contribution in [3.05, 3.63) is 58.7 Å². The van der Waals surface area contributed by atoms with Gasteiger partial charge in [0.1, 0.15) is 17.4 Å². The summed E-state index contributed by atoms with van der Waals surface area (Å²) in [5.41, 5.74) is -2.18. The molecule has 1 amide bonds. The topological polar surface area (TPSA) is 86.1 Å². The smallest absolute Gasteiger partial charge is 0.355 e.